The molecule has 0 bridgehead atoms. The van der Waals surface area contributed by atoms with Crippen molar-refractivity contribution in [2.75, 3.05) is 5.73 Å². The number of nitrogens with two attached hydrogens (primary N) is 1. The second-order valence-electron chi connectivity index (χ2n) is 13.5. The minimum absolute atomic E-state index is 0.0696. The largest absolute Gasteiger partial charge is 0.399 e. The summed E-state index contributed by atoms with van der Waals surface area (Å²) in [6.07, 6.45) is 0.906. The zero-order valence-electron chi connectivity index (χ0n) is 27.5. The van der Waals surface area contributed by atoms with Gasteiger partial charge in [-0.25, -0.2) is 0 Å². The van der Waals surface area contributed by atoms with Crippen LogP contribution in [0.4, 0.5) is 5.69 Å². The van der Waals surface area contributed by atoms with Gasteiger partial charge in [-0.15, -0.1) is 0 Å². The fraction of sp³-hybridized carbons (Fsp3) is 0.106. The van der Waals surface area contributed by atoms with Crippen molar-refractivity contribution in [1.82, 2.24) is 0 Å². The maximum Gasteiger partial charge on any atom is 0.0719 e. The molecule has 0 radical (unpaired) electrons. The molecule has 2 N–H and O–H groups in total. The van der Waals surface area contributed by atoms with Crippen LogP contribution in [0, 0.1) is 0 Å². The van der Waals surface area contributed by atoms with Gasteiger partial charge in [-0.2, -0.15) is 0 Å². The Morgan fingerprint density at radius 2 is 0.896 bits per heavy atom. The van der Waals surface area contributed by atoms with E-state index in [4.69, 9.17) is 5.73 Å². The first-order chi connectivity index (χ1) is 23.5. The number of anilines is 1. The fourth-order valence-corrected chi connectivity index (χ4v) is 8.20. The van der Waals surface area contributed by atoms with E-state index in [1.807, 2.05) is 30.3 Å². The maximum atomic E-state index is 5.36. The molecule has 48 heavy (non-hydrogen) atoms. The highest BCUT2D eigenvalue weighted by molar-refractivity contribution is 5.88. The minimum Gasteiger partial charge on any atom is -0.399 e. The zero-order valence-corrected chi connectivity index (χ0v) is 27.5. The van der Waals surface area contributed by atoms with E-state index in [0.29, 0.717) is 0 Å². The fourth-order valence-electron chi connectivity index (χ4n) is 8.20. The molecule has 0 aliphatic heterocycles. The van der Waals surface area contributed by atoms with E-state index in [0.717, 1.165) is 12.1 Å². The van der Waals surface area contributed by atoms with E-state index in [-0.39, 0.29) is 10.8 Å². The molecule has 0 saturated heterocycles. The lowest BCUT2D eigenvalue weighted by molar-refractivity contribution is 0.563. The van der Waals surface area contributed by atoms with E-state index in [1.54, 1.807) is 0 Å². The zero-order chi connectivity index (χ0) is 32.7. The highest BCUT2D eigenvalue weighted by Crippen LogP contribution is 2.62. The summed E-state index contributed by atoms with van der Waals surface area (Å²) >= 11 is 0. The van der Waals surface area contributed by atoms with Gasteiger partial charge in [0.1, 0.15) is 0 Å². The molecular formula is C47H39N. The molecule has 0 saturated carbocycles. The Morgan fingerprint density at radius 1 is 0.396 bits per heavy atom. The Morgan fingerprint density at radius 3 is 1.52 bits per heavy atom. The number of para-hydroxylation sites is 1. The second kappa shape index (κ2) is 11.9. The SMILES string of the molecule is CC1(C)c2ccccc2C2(c3ccccc3-c3cc(Cc4cccc(-c5ccccc5)c4)ccc32)c2ccccc21.Nc1ccccc1. The van der Waals surface area contributed by atoms with Gasteiger partial charge in [0.05, 0.1) is 5.41 Å². The summed E-state index contributed by atoms with van der Waals surface area (Å²) in [5.74, 6) is 0. The minimum atomic E-state index is -0.319. The van der Waals surface area contributed by atoms with E-state index in [9.17, 15) is 0 Å². The highest BCUT2D eigenvalue weighted by Gasteiger charge is 2.53. The molecule has 1 spiro atoms. The van der Waals surface area contributed by atoms with Crippen molar-refractivity contribution in [3.63, 3.8) is 0 Å². The third-order valence-corrected chi connectivity index (χ3v) is 10.4. The Bertz CT molecular complexity index is 2190. The van der Waals surface area contributed by atoms with Crippen molar-refractivity contribution >= 4 is 5.69 Å². The van der Waals surface area contributed by atoms with Crippen LogP contribution in [0.15, 0.2) is 176 Å². The molecule has 0 fully saturated rings. The lowest BCUT2D eigenvalue weighted by atomic mass is 9.55. The molecular weight excluding hydrogens is 579 g/mol. The van der Waals surface area contributed by atoms with Crippen LogP contribution in [0.1, 0.15) is 58.4 Å². The number of hydrogen-bond donors (Lipinski definition) is 1. The third kappa shape index (κ3) is 4.78. The molecule has 1 heteroatoms. The molecule has 7 aromatic carbocycles. The molecule has 2 aliphatic carbocycles. The number of benzene rings is 7. The monoisotopic (exact) mass is 617 g/mol. The summed E-state index contributed by atoms with van der Waals surface area (Å²) < 4.78 is 0. The standard InChI is InChI=1S/C41H32.C6H7N/c1-40(2)36-19-8-10-21-38(36)41(39-22-11-9-20-37(39)40)34-18-7-6-17-32(34)33-27-29(23-24-35(33)41)25-28-13-12-16-31(26-28)30-14-4-3-5-15-30;7-6-4-2-1-3-5-6/h3-24,26-27H,25H2,1-2H3;1-5H,7H2. The van der Waals surface area contributed by atoms with Crippen LogP contribution in [0.5, 0.6) is 0 Å². The quantitative estimate of drug-likeness (QED) is 0.196. The summed E-state index contributed by atoms with van der Waals surface area (Å²) in [6, 6.07) is 63.8. The van der Waals surface area contributed by atoms with Crippen LogP contribution in [0.25, 0.3) is 22.3 Å². The lowest BCUT2D eigenvalue weighted by Gasteiger charge is -2.46. The first-order valence-corrected chi connectivity index (χ1v) is 16.9. The second-order valence-corrected chi connectivity index (χ2v) is 13.5. The van der Waals surface area contributed by atoms with Crippen molar-refractivity contribution in [3.8, 4) is 22.3 Å². The van der Waals surface area contributed by atoms with Crippen LogP contribution >= 0.6 is 0 Å². The van der Waals surface area contributed by atoms with Gasteiger partial charge in [0.15, 0.2) is 0 Å². The molecule has 0 amide bonds. The van der Waals surface area contributed by atoms with E-state index in [2.05, 4.69) is 159 Å². The summed E-state index contributed by atoms with van der Waals surface area (Å²) in [5.41, 5.74) is 22.2. The summed E-state index contributed by atoms with van der Waals surface area (Å²) in [7, 11) is 0. The molecule has 2 aliphatic rings. The highest BCUT2D eigenvalue weighted by atomic mass is 14.5. The molecule has 0 atom stereocenters. The first-order valence-electron chi connectivity index (χ1n) is 16.9. The third-order valence-electron chi connectivity index (χ3n) is 10.4. The normalized spacial score (nSPS) is 14.1. The average molecular weight is 618 g/mol. The van der Waals surface area contributed by atoms with Crippen molar-refractivity contribution in [2.24, 2.45) is 0 Å². The van der Waals surface area contributed by atoms with Gasteiger partial charge in [-0.05, 0) is 85.3 Å². The number of hydrogen-bond acceptors (Lipinski definition) is 1. The molecule has 0 aromatic heterocycles. The Hall–Kier alpha value is -5.66. The van der Waals surface area contributed by atoms with Gasteiger partial charge in [-0.1, -0.05) is 178 Å². The van der Waals surface area contributed by atoms with Gasteiger partial charge < -0.3 is 5.73 Å². The molecule has 7 aromatic rings. The van der Waals surface area contributed by atoms with Gasteiger partial charge in [0.25, 0.3) is 0 Å². The number of nitrogen functional groups attached to an aromatic ring is 1. The first kappa shape index (κ1) is 29.7. The van der Waals surface area contributed by atoms with Crippen LogP contribution < -0.4 is 5.73 Å². The summed E-state index contributed by atoms with van der Waals surface area (Å²) in [4.78, 5) is 0. The number of rotatable bonds is 3. The molecule has 1 nitrogen and oxygen atoms in total. The Balaban J connectivity index is 0.000000429. The average Bonchev–Trinajstić information content (AvgIpc) is 3.42. The van der Waals surface area contributed by atoms with Crippen LogP contribution in [0.2, 0.25) is 0 Å². The van der Waals surface area contributed by atoms with E-state index in [1.165, 1.54) is 66.8 Å². The van der Waals surface area contributed by atoms with Crippen molar-refractivity contribution in [1.29, 1.82) is 0 Å². The Labute approximate surface area is 284 Å². The van der Waals surface area contributed by atoms with Crippen molar-refractivity contribution in [3.05, 3.63) is 220 Å². The maximum absolute atomic E-state index is 5.36. The molecule has 0 heterocycles. The van der Waals surface area contributed by atoms with Crippen LogP contribution in [0.3, 0.4) is 0 Å². The molecule has 9 rings (SSSR count). The van der Waals surface area contributed by atoms with Crippen molar-refractivity contribution < 1.29 is 0 Å². The lowest BCUT2D eigenvalue weighted by Crippen LogP contribution is -2.40. The smallest absolute Gasteiger partial charge is 0.0719 e. The van der Waals surface area contributed by atoms with Crippen molar-refractivity contribution in [2.45, 2.75) is 31.1 Å². The van der Waals surface area contributed by atoms with Gasteiger partial charge in [0, 0.05) is 11.1 Å². The summed E-state index contributed by atoms with van der Waals surface area (Å²) in [6.45, 7) is 4.76. The van der Waals surface area contributed by atoms with Gasteiger partial charge in [0.2, 0.25) is 0 Å². The van der Waals surface area contributed by atoms with E-state index >= 15 is 0 Å². The van der Waals surface area contributed by atoms with E-state index < -0.39 is 0 Å². The number of fused-ring (bicyclic) bond motifs is 9. The Kier molecular flexibility index (Phi) is 7.34. The molecule has 232 valence electrons. The molecule has 0 unspecified atom stereocenters. The van der Waals surface area contributed by atoms with Crippen LogP contribution in [-0.4, -0.2) is 0 Å². The predicted molar refractivity (Wildman–Crippen MR) is 201 cm³/mol. The summed E-state index contributed by atoms with van der Waals surface area (Å²) in [5, 5.41) is 0. The predicted octanol–water partition coefficient (Wildman–Crippen LogP) is 11.2. The van der Waals surface area contributed by atoms with Gasteiger partial charge >= 0.3 is 0 Å². The van der Waals surface area contributed by atoms with Gasteiger partial charge in [-0.3, -0.25) is 0 Å². The topological polar surface area (TPSA) is 26.0 Å². The van der Waals surface area contributed by atoms with Crippen LogP contribution in [-0.2, 0) is 17.3 Å².